The molecule has 4 rings (SSSR count). The van der Waals surface area contributed by atoms with Crippen LogP contribution in [-0.2, 0) is 27.3 Å². The molecular formula is C33H41NO4. The Labute approximate surface area is 227 Å². The fraction of sp³-hybridized carbons (Fsp3) is 0.455. The van der Waals surface area contributed by atoms with Crippen LogP contribution in [0.3, 0.4) is 0 Å². The predicted molar refractivity (Wildman–Crippen MR) is 152 cm³/mol. The highest BCUT2D eigenvalue weighted by atomic mass is 16.6. The minimum atomic E-state index is -0.586. The first-order chi connectivity index (χ1) is 17.9. The van der Waals surface area contributed by atoms with E-state index in [2.05, 4.69) is 30.3 Å². The quantitative estimate of drug-likeness (QED) is 0.338. The molecule has 2 unspecified atom stereocenters. The van der Waals surface area contributed by atoms with Crippen LogP contribution in [-0.4, -0.2) is 35.0 Å². The zero-order chi connectivity index (χ0) is 27.5. The van der Waals surface area contributed by atoms with Crippen molar-refractivity contribution in [2.75, 3.05) is 6.54 Å². The van der Waals surface area contributed by atoms with Crippen molar-refractivity contribution in [2.24, 2.45) is 5.41 Å². The molecule has 3 aromatic rings. The second-order valence-electron chi connectivity index (χ2n) is 12.4. The zero-order valence-electron chi connectivity index (χ0n) is 23.6. The molecule has 0 aliphatic carbocycles. The fourth-order valence-electron chi connectivity index (χ4n) is 4.87. The monoisotopic (exact) mass is 515 g/mol. The van der Waals surface area contributed by atoms with E-state index < -0.39 is 5.60 Å². The van der Waals surface area contributed by atoms with E-state index in [4.69, 9.17) is 9.47 Å². The number of rotatable bonds is 6. The highest BCUT2D eigenvalue weighted by molar-refractivity contribution is 5.85. The van der Waals surface area contributed by atoms with Crippen molar-refractivity contribution < 1.29 is 19.1 Å². The highest BCUT2D eigenvalue weighted by Gasteiger charge is 2.38. The Morgan fingerprint density at radius 1 is 0.868 bits per heavy atom. The highest BCUT2D eigenvalue weighted by Crippen LogP contribution is 2.35. The summed E-state index contributed by atoms with van der Waals surface area (Å²) in [6.07, 6.45) is 1.59. The van der Waals surface area contributed by atoms with Crippen molar-refractivity contribution in [3.8, 4) is 0 Å². The first-order valence-corrected chi connectivity index (χ1v) is 13.6. The lowest BCUT2D eigenvalue weighted by Gasteiger charge is -2.41. The molecule has 3 aromatic carbocycles. The normalized spacial score (nSPS) is 18.4. The van der Waals surface area contributed by atoms with E-state index in [0.29, 0.717) is 19.6 Å². The molecule has 5 heteroatoms. The van der Waals surface area contributed by atoms with Gasteiger partial charge in [0.2, 0.25) is 0 Å². The van der Waals surface area contributed by atoms with E-state index in [1.165, 1.54) is 10.8 Å². The van der Waals surface area contributed by atoms with Gasteiger partial charge in [0.1, 0.15) is 11.4 Å². The molecule has 0 radical (unpaired) electrons. The topological polar surface area (TPSA) is 55.8 Å². The van der Waals surface area contributed by atoms with Gasteiger partial charge in [-0.3, -0.25) is 9.69 Å². The largest absolute Gasteiger partial charge is 0.444 e. The third kappa shape index (κ3) is 7.02. The summed E-state index contributed by atoms with van der Waals surface area (Å²) in [5.74, 6) is 0.204. The number of fused-ring (bicyclic) bond motifs is 1. The number of benzene rings is 3. The molecule has 5 nitrogen and oxygen atoms in total. The van der Waals surface area contributed by atoms with E-state index in [0.717, 1.165) is 29.5 Å². The third-order valence-corrected chi connectivity index (χ3v) is 7.00. The molecule has 38 heavy (non-hydrogen) atoms. The molecule has 202 valence electrons. The standard InChI is InChI=1S/C33H41NO4/c1-32(2,3)29(35)21-23-13-17-26(18-14-23)30-28(12-9-19-34(30)31(36)38-33(4,5)6)37-22-24-15-16-25-10-7-8-11-27(25)20-24/h7-8,10-11,13-18,20,28,30H,9,12,19,21-22H2,1-6H3. The Kier molecular flexibility index (Phi) is 8.27. The van der Waals surface area contributed by atoms with Gasteiger partial charge in [0, 0.05) is 18.4 Å². The third-order valence-electron chi connectivity index (χ3n) is 7.00. The van der Waals surface area contributed by atoms with Crippen LogP contribution >= 0.6 is 0 Å². The minimum Gasteiger partial charge on any atom is -0.444 e. The number of hydrogen-bond acceptors (Lipinski definition) is 4. The Morgan fingerprint density at radius 3 is 2.18 bits per heavy atom. The summed E-state index contributed by atoms with van der Waals surface area (Å²) in [6.45, 7) is 12.6. The maximum absolute atomic E-state index is 13.3. The van der Waals surface area contributed by atoms with Gasteiger partial charge in [-0.15, -0.1) is 0 Å². The predicted octanol–water partition coefficient (Wildman–Crippen LogP) is 7.65. The van der Waals surface area contributed by atoms with E-state index >= 15 is 0 Å². The molecule has 1 aliphatic heterocycles. The van der Waals surface area contributed by atoms with Crippen molar-refractivity contribution >= 4 is 22.6 Å². The molecular weight excluding hydrogens is 474 g/mol. The van der Waals surface area contributed by atoms with Gasteiger partial charge in [0.05, 0.1) is 18.8 Å². The van der Waals surface area contributed by atoms with Gasteiger partial charge < -0.3 is 9.47 Å². The zero-order valence-corrected chi connectivity index (χ0v) is 23.6. The van der Waals surface area contributed by atoms with Crippen LogP contribution in [0.5, 0.6) is 0 Å². The summed E-state index contributed by atoms with van der Waals surface area (Å²) in [5, 5.41) is 2.39. The molecule has 1 saturated heterocycles. The number of likely N-dealkylation sites (tertiary alicyclic amines) is 1. The number of Topliss-reactive ketones (excluding diaryl/α,β-unsaturated/α-hetero) is 1. The number of ether oxygens (including phenoxy) is 2. The van der Waals surface area contributed by atoms with Crippen LogP contribution in [0.2, 0.25) is 0 Å². The maximum Gasteiger partial charge on any atom is 0.410 e. The minimum absolute atomic E-state index is 0.176. The summed E-state index contributed by atoms with van der Waals surface area (Å²) in [4.78, 5) is 27.7. The number of amides is 1. The number of hydrogen-bond donors (Lipinski definition) is 0. The lowest BCUT2D eigenvalue weighted by atomic mass is 9.86. The van der Waals surface area contributed by atoms with Gasteiger partial charge in [-0.1, -0.05) is 81.4 Å². The summed E-state index contributed by atoms with van der Waals surface area (Å²) in [6, 6.07) is 22.5. The molecule has 0 saturated carbocycles. The Balaban J connectivity index is 1.58. The van der Waals surface area contributed by atoms with E-state index in [-0.39, 0.29) is 29.4 Å². The Morgan fingerprint density at radius 2 is 1.53 bits per heavy atom. The van der Waals surface area contributed by atoms with Crippen molar-refractivity contribution in [1.82, 2.24) is 4.90 Å². The van der Waals surface area contributed by atoms with E-state index in [1.807, 2.05) is 82.8 Å². The molecule has 1 fully saturated rings. The van der Waals surface area contributed by atoms with Crippen LogP contribution in [0.25, 0.3) is 10.8 Å². The molecule has 0 spiro atoms. The maximum atomic E-state index is 13.3. The summed E-state index contributed by atoms with van der Waals surface area (Å²) >= 11 is 0. The van der Waals surface area contributed by atoms with Gasteiger partial charge in [0.25, 0.3) is 0 Å². The lowest BCUT2D eigenvalue weighted by molar-refractivity contribution is -0.125. The average Bonchev–Trinajstić information content (AvgIpc) is 2.86. The molecule has 2 atom stereocenters. The van der Waals surface area contributed by atoms with Crippen molar-refractivity contribution in [3.63, 3.8) is 0 Å². The van der Waals surface area contributed by atoms with Gasteiger partial charge in [-0.25, -0.2) is 4.79 Å². The SMILES string of the molecule is CC(C)(C)OC(=O)N1CCCC(OCc2ccc3ccccc3c2)C1c1ccc(CC(=O)C(C)(C)C)cc1. The number of nitrogens with zero attached hydrogens (tertiary/aromatic N) is 1. The van der Waals surface area contributed by atoms with Gasteiger partial charge in [-0.2, -0.15) is 0 Å². The lowest BCUT2D eigenvalue weighted by Crippen LogP contribution is -2.47. The number of carbonyl (C=O) groups excluding carboxylic acids is 2. The number of ketones is 1. The van der Waals surface area contributed by atoms with Gasteiger partial charge in [0.15, 0.2) is 0 Å². The molecule has 1 aliphatic rings. The number of piperidine rings is 1. The molecule has 0 bridgehead atoms. The molecule has 0 N–H and O–H groups in total. The van der Waals surface area contributed by atoms with Gasteiger partial charge >= 0.3 is 6.09 Å². The van der Waals surface area contributed by atoms with Gasteiger partial charge in [-0.05, 0) is 67.1 Å². The van der Waals surface area contributed by atoms with Crippen molar-refractivity contribution in [2.45, 2.75) is 85.2 Å². The smallest absolute Gasteiger partial charge is 0.410 e. The number of carbonyl (C=O) groups is 2. The van der Waals surface area contributed by atoms with Crippen LogP contribution in [0.15, 0.2) is 66.7 Å². The second kappa shape index (κ2) is 11.3. The fourth-order valence-corrected chi connectivity index (χ4v) is 4.87. The van der Waals surface area contributed by atoms with Crippen LogP contribution in [0.1, 0.15) is 77.1 Å². The molecule has 1 heterocycles. The van der Waals surface area contributed by atoms with Crippen LogP contribution in [0, 0.1) is 5.41 Å². The molecule has 0 aromatic heterocycles. The second-order valence-corrected chi connectivity index (χ2v) is 12.4. The summed E-state index contributed by atoms with van der Waals surface area (Å²) < 4.78 is 12.3. The summed E-state index contributed by atoms with van der Waals surface area (Å²) in [5.41, 5.74) is 2.11. The van der Waals surface area contributed by atoms with E-state index in [9.17, 15) is 9.59 Å². The van der Waals surface area contributed by atoms with E-state index in [1.54, 1.807) is 0 Å². The summed E-state index contributed by atoms with van der Waals surface area (Å²) in [7, 11) is 0. The van der Waals surface area contributed by atoms with Crippen molar-refractivity contribution in [3.05, 3.63) is 83.4 Å². The molecule has 1 amide bonds. The van der Waals surface area contributed by atoms with Crippen LogP contribution in [0.4, 0.5) is 4.79 Å². The van der Waals surface area contributed by atoms with Crippen molar-refractivity contribution in [1.29, 1.82) is 0 Å². The Hall–Kier alpha value is -3.18. The average molecular weight is 516 g/mol. The first kappa shape index (κ1) is 27.8. The van der Waals surface area contributed by atoms with Crippen LogP contribution < -0.4 is 0 Å². The Bertz CT molecular complexity index is 1270. The first-order valence-electron chi connectivity index (χ1n) is 13.6.